The lowest BCUT2D eigenvalue weighted by Gasteiger charge is -2.20. The van der Waals surface area contributed by atoms with Gasteiger partial charge in [0, 0.05) is 13.1 Å². The number of nitrogens with two attached hydrogens (primary N) is 1. The van der Waals surface area contributed by atoms with Gasteiger partial charge in [0.1, 0.15) is 6.04 Å². The predicted molar refractivity (Wildman–Crippen MR) is 58.0 cm³/mol. The topological polar surface area (TPSA) is 72.9 Å². The van der Waals surface area contributed by atoms with E-state index in [-0.39, 0.29) is 11.9 Å². The predicted octanol–water partition coefficient (Wildman–Crippen LogP) is 0.335. The van der Waals surface area contributed by atoms with Gasteiger partial charge < -0.3 is 10.3 Å². The van der Waals surface area contributed by atoms with Crippen molar-refractivity contribution in [2.45, 2.75) is 32.4 Å². The van der Waals surface area contributed by atoms with Gasteiger partial charge in [0.25, 0.3) is 0 Å². The summed E-state index contributed by atoms with van der Waals surface area (Å²) in [6, 6.07) is -0.218. The molecule has 1 rings (SSSR count). The average Bonchev–Trinajstić information content (AvgIpc) is 2.60. The lowest BCUT2D eigenvalue weighted by Crippen LogP contribution is -2.39. The first kappa shape index (κ1) is 11.7. The van der Waals surface area contributed by atoms with E-state index in [0.717, 1.165) is 12.1 Å². The highest BCUT2D eigenvalue weighted by Crippen LogP contribution is 2.12. The molecule has 5 nitrogen and oxygen atoms in total. The molecule has 1 aromatic heterocycles. The van der Waals surface area contributed by atoms with Crippen molar-refractivity contribution in [1.82, 2.24) is 14.9 Å². The van der Waals surface area contributed by atoms with Gasteiger partial charge in [0.15, 0.2) is 0 Å². The van der Waals surface area contributed by atoms with Gasteiger partial charge in [-0.3, -0.25) is 10.1 Å². The Balaban J connectivity index is 2.84. The molecule has 0 radical (unpaired) electrons. The normalized spacial score (nSPS) is 14.9. The number of hydrogen-bond donors (Lipinski definition) is 2. The third kappa shape index (κ3) is 2.79. The summed E-state index contributed by atoms with van der Waals surface area (Å²) < 4.78 is 1.80. The fourth-order valence-corrected chi connectivity index (χ4v) is 1.36. The molecule has 0 saturated heterocycles. The summed E-state index contributed by atoms with van der Waals surface area (Å²) in [5.74, 6) is -0.376. The standard InChI is InChI=1S/C10H18N4O/c1-4-7(2)13-9(10(11)15)8-5-12-6-14(8)3/h5-7,9,13H,4H2,1-3H3,(H2,11,15). The fraction of sp³-hybridized carbons (Fsp3) is 0.600. The molecule has 1 aromatic rings. The summed E-state index contributed by atoms with van der Waals surface area (Å²) in [6.07, 6.45) is 4.26. The molecule has 15 heavy (non-hydrogen) atoms. The number of carbonyl (C=O) groups excluding carboxylic acids is 1. The number of primary amides is 1. The molecule has 1 heterocycles. The highest BCUT2D eigenvalue weighted by atomic mass is 16.1. The van der Waals surface area contributed by atoms with Gasteiger partial charge in [0.05, 0.1) is 18.2 Å². The third-order valence-electron chi connectivity index (χ3n) is 2.50. The molecule has 0 bridgehead atoms. The van der Waals surface area contributed by atoms with Gasteiger partial charge in [0.2, 0.25) is 5.91 Å². The number of nitrogens with one attached hydrogen (secondary N) is 1. The van der Waals surface area contributed by atoms with Crippen molar-refractivity contribution in [1.29, 1.82) is 0 Å². The summed E-state index contributed by atoms with van der Waals surface area (Å²) in [5.41, 5.74) is 6.15. The molecule has 2 unspecified atom stereocenters. The van der Waals surface area contributed by atoms with Crippen LogP contribution in [0.2, 0.25) is 0 Å². The number of nitrogens with zero attached hydrogens (tertiary/aromatic N) is 2. The Bertz CT molecular complexity index is 334. The van der Waals surface area contributed by atoms with Crippen LogP contribution in [0.3, 0.4) is 0 Å². The number of rotatable bonds is 5. The number of hydrogen-bond acceptors (Lipinski definition) is 3. The Labute approximate surface area is 89.7 Å². The van der Waals surface area contributed by atoms with Crippen molar-refractivity contribution in [2.75, 3.05) is 0 Å². The molecule has 0 aliphatic heterocycles. The zero-order chi connectivity index (χ0) is 11.4. The molecule has 0 spiro atoms. The number of aromatic nitrogens is 2. The zero-order valence-electron chi connectivity index (χ0n) is 9.40. The molecule has 0 aliphatic carbocycles. The van der Waals surface area contributed by atoms with Crippen molar-refractivity contribution >= 4 is 5.91 Å². The first-order valence-electron chi connectivity index (χ1n) is 5.07. The molecule has 1 amide bonds. The van der Waals surface area contributed by atoms with Crippen LogP contribution in [0.25, 0.3) is 0 Å². The first-order chi connectivity index (χ1) is 7.06. The van der Waals surface area contributed by atoms with Crippen LogP contribution in [0, 0.1) is 0 Å². The van der Waals surface area contributed by atoms with Crippen LogP contribution >= 0.6 is 0 Å². The van der Waals surface area contributed by atoms with E-state index in [1.165, 1.54) is 0 Å². The van der Waals surface area contributed by atoms with Crippen molar-refractivity contribution < 1.29 is 4.79 Å². The zero-order valence-corrected chi connectivity index (χ0v) is 9.40. The van der Waals surface area contributed by atoms with Crippen LogP contribution in [-0.2, 0) is 11.8 Å². The molecule has 0 saturated carbocycles. The summed E-state index contributed by atoms with van der Waals surface area (Å²) in [5, 5.41) is 3.17. The minimum atomic E-state index is -0.465. The first-order valence-corrected chi connectivity index (χ1v) is 5.07. The molecule has 5 heteroatoms. The Kier molecular flexibility index (Phi) is 3.85. The van der Waals surface area contributed by atoms with E-state index in [1.54, 1.807) is 17.1 Å². The van der Waals surface area contributed by atoms with Crippen LogP contribution in [-0.4, -0.2) is 21.5 Å². The smallest absolute Gasteiger partial charge is 0.240 e. The molecule has 3 N–H and O–H groups in total. The quantitative estimate of drug-likeness (QED) is 0.735. The number of carbonyl (C=O) groups is 1. The SMILES string of the molecule is CCC(C)NC(C(N)=O)c1cncn1C. The highest BCUT2D eigenvalue weighted by molar-refractivity contribution is 5.80. The van der Waals surface area contributed by atoms with Gasteiger partial charge in [-0.2, -0.15) is 0 Å². The minimum absolute atomic E-state index is 0.248. The highest BCUT2D eigenvalue weighted by Gasteiger charge is 2.21. The second-order valence-corrected chi connectivity index (χ2v) is 3.74. The van der Waals surface area contributed by atoms with Gasteiger partial charge in [-0.05, 0) is 13.3 Å². The monoisotopic (exact) mass is 210 g/mol. The molecule has 0 fully saturated rings. The molecule has 84 valence electrons. The molecule has 0 aliphatic rings. The van der Waals surface area contributed by atoms with Crippen molar-refractivity contribution in [3.8, 4) is 0 Å². The lowest BCUT2D eigenvalue weighted by molar-refractivity contribution is -0.120. The summed E-state index contributed by atoms with van der Waals surface area (Å²) in [6.45, 7) is 4.07. The number of aryl methyl sites for hydroxylation is 1. The van der Waals surface area contributed by atoms with Crippen LogP contribution in [0.1, 0.15) is 32.0 Å². The largest absolute Gasteiger partial charge is 0.368 e. The van der Waals surface area contributed by atoms with Crippen LogP contribution < -0.4 is 11.1 Å². The van der Waals surface area contributed by atoms with E-state index < -0.39 is 6.04 Å². The summed E-state index contributed by atoms with van der Waals surface area (Å²) in [7, 11) is 1.84. The Hall–Kier alpha value is -1.36. The maximum Gasteiger partial charge on any atom is 0.240 e. The lowest BCUT2D eigenvalue weighted by atomic mass is 10.1. The molecule has 0 aromatic carbocycles. The average molecular weight is 210 g/mol. The maximum absolute atomic E-state index is 11.3. The van der Waals surface area contributed by atoms with E-state index in [0.29, 0.717) is 0 Å². The van der Waals surface area contributed by atoms with E-state index in [4.69, 9.17) is 5.73 Å². The third-order valence-corrected chi connectivity index (χ3v) is 2.50. The maximum atomic E-state index is 11.3. The molecular formula is C10H18N4O. The second kappa shape index (κ2) is 4.93. The summed E-state index contributed by atoms with van der Waals surface area (Å²) >= 11 is 0. The number of imidazole rings is 1. The van der Waals surface area contributed by atoms with E-state index in [1.807, 2.05) is 14.0 Å². The molecule has 2 atom stereocenters. The van der Waals surface area contributed by atoms with Gasteiger partial charge >= 0.3 is 0 Å². The van der Waals surface area contributed by atoms with Crippen molar-refractivity contribution in [3.05, 3.63) is 18.2 Å². The van der Waals surface area contributed by atoms with Gasteiger partial charge in [-0.15, -0.1) is 0 Å². The Morgan fingerprint density at radius 3 is 2.80 bits per heavy atom. The van der Waals surface area contributed by atoms with E-state index in [2.05, 4.69) is 17.2 Å². The Morgan fingerprint density at radius 2 is 2.40 bits per heavy atom. The van der Waals surface area contributed by atoms with Crippen LogP contribution in [0.4, 0.5) is 0 Å². The van der Waals surface area contributed by atoms with Crippen LogP contribution in [0.5, 0.6) is 0 Å². The minimum Gasteiger partial charge on any atom is -0.368 e. The second-order valence-electron chi connectivity index (χ2n) is 3.74. The molecular weight excluding hydrogens is 192 g/mol. The summed E-state index contributed by atoms with van der Waals surface area (Å²) in [4.78, 5) is 15.3. The Morgan fingerprint density at radius 1 is 1.73 bits per heavy atom. The van der Waals surface area contributed by atoms with Crippen molar-refractivity contribution in [3.63, 3.8) is 0 Å². The van der Waals surface area contributed by atoms with E-state index in [9.17, 15) is 4.79 Å². The number of amides is 1. The van der Waals surface area contributed by atoms with Crippen molar-refractivity contribution in [2.24, 2.45) is 12.8 Å². The van der Waals surface area contributed by atoms with Gasteiger partial charge in [-0.25, -0.2) is 4.98 Å². The fourth-order valence-electron chi connectivity index (χ4n) is 1.36. The van der Waals surface area contributed by atoms with Crippen LogP contribution in [0.15, 0.2) is 12.5 Å². The van der Waals surface area contributed by atoms with Gasteiger partial charge in [-0.1, -0.05) is 6.92 Å². The van der Waals surface area contributed by atoms with E-state index >= 15 is 0 Å².